The molecule has 0 unspecified atom stereocenters. The Bertz CT molecular complexity index is 486. The summed E-state index contributed by atoms with van der Waals surface area (Å²) in [6, 6.07) is 0. The minimum absolute atomic E-state index is 0. The number of halogens is 6. The van der Waals surface area contributed by atoms with Gasteiger partial charge in [-0.25, -0.2) is 0 Å². The van der Waals surface area contributed by atoms with Crippen molar-refractivity contribution < 1.29 is 60.5 Å². The molecule has 4 nitrogen and oxygen atoms in total. The SMILES string of the molecule is CCCC(=NC(C)(C)C)[N-]CC(F)(F)F.CCCC(=NC(C)(C)C)[N-]CC(F)(F)F.[Cu+].[Cu+]. The van der Waals surface area contributed by atoms with Gasteiger partial charge in [0.1, 0.15) is 0 Å². The topological polar surface area (TPSA) is 52.9 Å². The first-order valence-corrected chi connectivity index (χ1v) is 9.94. The van der Waals surface area contributed by atoms with Crippen LogP contribution in [0.5, 0.6) is 0 Å². The number of nitrogens with zero attached hydrogens (tertiary/aromatic N) is 4. The van der Waals surface area contributed by atoms with E-state index in [0.29, 0.717) is 24.5 Å². The maximum atomic E-state index is 11.9. The van der Waals surface area contributed by atoms with Gasteiger partial charge in [0.25, 0.3) is 0 Å². The second kappa shape index (κ2) is 17.1. The summed E-state index contributed by atoms with van der Waals surface area (Å²) < 4.78 is 71.6. The molecule has 0 heterocycles. The van der Waals surface area contributed by atoms with Gasteiger partial charge in [0.05, 0.1) is 0 Å². The van der Waals surface area contributed by atoms with E-state index in [4.69, 9.17) is 0 Å². The standard InChI is InChI=1S/2C10H18F3N2.2Cu/c2*1-5-6-8(15-9(2,3)4)14-7-10(11,12)13;;/h2*5-7H2,1-4H3;;/q2*-1;2*+1. The first-order valence-electron chi connectivity index (χ1n) is 9.94. The molecule has 0 atom stereocenters. The summed E-state index contributed by atoms with van der Waals surface area (Å²) in [6.07, 6.45) is -6.01. The Morgan fingerprint density at radius 3 is 1.00 bits per heavy atom. The molecule has 0 spiro atoms. The molecule has 0 aromatic rings. The van der Waals surface area contributed by atoms with Crippen molar-refractivity contribution in [3.8, 4) is 0 Å². The molecule has 0 aliphatic heterocycles. The van der Waals surface area contributed by atoms with E-state index in [2.05, 4.69) is 20.6 Å². The summed E-state index contributed by atoms with van der Waals surface area (Å²) in [5.41, 5.74) is -0.751. The van der Waals surface area contributed by atoms with Crippen molar-refractivity contribution >= 4 is 11.7 Å². The maximum absolute atomic E-state index is 11.9. The predicted molar refractivity (Wildman–Crippen MR) is 113 cm³/mol. The molecule has 0 bridgehead atoms. The average Bonchev–Trinajstić information content (AvgIpc) is 2.47. The first-order chi connectivity index (χ1) is 13.3. The van der Waals surface area contributed by atoms with Gasteiger partial charge in [-0.2, -0.15) is 26.3 Å². The fourth-order valence-corrected chi connectivity index (χ4v) is 1.92. The Morgan fingerprint density at radius 2 is 0.844 bits per heavy atom. The number of hydrogen-bond acceptors (Lipinski definition) is 2. The zero-order valence-electron chi connectivity index (χ0n) is 19.9. The van der Waals surface area contributed by atoms with Crippen LogP contribution in [0.2, 0.25) is 0 Å². The molecule has 0 saturated heterocycles. The number of rotatable bonds is 6. The van der Waals surface area contributed by atoms with Crippen LogP contribution in [0.3, 0.4) is 0 Å². The Balaban J connectivity index is -0.000000231. The third kappa shape index (κ3) is 31.7. The maximum Gasteiger partial charge on any atom is 1.00 e. The summed E-state index contributed by atoms with van der Waals surface area (Å²) >= 11 is 0. The molecule has 0 saturated carbocycles. The van der Waals surface area contributed by atoms with Crippen LogP contribution in [0.25, 0.3) is 10.6 Å². The number of alkyl halides is 6. The summed E-state index contributed by atoms with van der Waals surface area (Å²) in [5.74, 6) is 0.615. The van der Waals surface area contributed by atoms with Gasteiger partial charge in [-0.3, -0.25) is 0 Å². The molecule has 0 rings (SSSR count). The minimum atomic E-state index is -4.24. The van der Waals surface area contributed by atoms with Crippen LogP contribution in [0, 0.1) is 0 Å². The first kappa shape index (κ1) is 38.8. The molecule has 0 radical (unpaired) electrons. The van der Waals surface area contributed by atoms with Gasteiger partial charge in [0, 0.05) is 13.1 Å². The monoisotopic (exact) mass is 572 g/mol. The molecular formula is C20H36Cu2F6N4. The van der Waals surface area contributed by atoms with Crippen molar-refractivity contribution in [1.29, 1.82) is 0 Å². The van der Waals surface area contributed by atoms with Crippen LogP contribution in [0.15, 0.2) is 9.98 Å². The van der Waals surface area contributed by atoms with Crippen molar-refractivity contribution in [2.45, 2.75) is 105 Å². The molecule has 12 heteroatoms. The zero-order valence-corrected chi connectivity index (χ0v) is 21.8. The molecule has 32 heavy (non-hydrogen) atoms. The number of hydrogen-bond donors (Lipinski definition) is 0. The van der Waals surface area contributed by atoms with E-state index in [9.17, 15) is 26.3 Å². The van der Waals surface area contributed by atoms with Gasteiger partial charge < -0.3 is 20.6 Å². The molecule has 0 aromatic heterocycles. The van der Waals surface area contributed by atoms with Crippen LogP contribution in [0.1, 0.15) is 81.1 Å². The summed E-state index contributed by atoms with van der Waals surface area (Å²) in [4.78, 5) is 8.30. The Kier molecular flexibility index (Phi) is 20.7. The fraction of sp³-hybridized carbons (Fsp3) is 0.900. The molecule has 0 N–H and O–H groups in total. The summed E-state index contributed by atoms with van der Waals surface area (Å²) in [6.45, 7) is 12.5. The van der Waals surface area contributed by atoms with Crippen LogP contribution in [-0.2, 0) is 34.1 Å². The van der Waals surface area contributed by atoms with Crippen LogP contribution in [-0.4, -0.2) is 48.2 Å². The van der Waals surface area contributed by atoms with E-state index in [0.717, 1.165) is 12.8 Å². The Morgan fingerprint density at radius 1 is 0.594 bits per heavy atom. The predicted octanol–water partition coefficient (Wildman–Crippen LogP) is 7.83. The van der Waals surface area contributed by atoms with E-state index >= 15 is 0 Å². The molecule has 0 amide bonds. The van der Waals surface area contributed by atoms with Crippen molar-refractivity contribution in [1.82, 2.24) is 0 Å². The van der Waals surface area contributed by atoms with Gasteiger partial charge in [-0.05, 0) is 23.9 Å². The van der Waals surface area contributed by atoms with Gasteiger partial charge in [0.2, 0.25) is 0 Å². The van der Waals surface area contributed by atoms with Crippen molar-refractivity contribution in [3.63, 3.8) is 0 Å². The molecular weight excluding hydrogens is 537 g/mol. The third-order valence-electron chi connectivity index (χ3n) is 2.76. The van der Waals surface area contributed by atoms with Gasteiger partial charge in [-0.15, -0.1) is 0 Å². The summed E-state index contributed by atoms with van der Waals surface area (Å²) in [5, 5.41) is 6.99. The van der Waals surface area contributed by atoms with E-state index in [1.165, 1.54) is 0 Å². The van der Waals surface area contributed by atoms with Crippen molar-refractivity contribution in [2.24, 2.45) is 9.98 Å². The zero-order chi connectivity index (χ0) is 24.2. The van der Waals surface area contributed by atoms with E-state index in [1.54, 1.807) is 0 Å². The van der Waals surface area contributed by atoms with E-state index < -0.39 is 25.4 Å². The van der Waals surface area contributed by atoms with Crippen molar-refractivity contribution in [3.05, 3.63) is 10.6 Å². The molecule has 200 valence electrons. The fourth-order valence-electron chi connectivity index (χ4n) is 1.92. The second-order valence-corrected chi connectivity index (χ2v) is 8.76. The number of aliphatic imine (C=N–C) groups is 2. The van der Waals surface area contributed by atoms with E-state index in [1.807, 2.05) is 55.4 Å². The smallest absolute Gasteiger partial charge is 0.463 e. The second-order valence-electron chi connectivity index (χ2n) is 8.76. The quantitative estimate of drug-likeness (QED) is 0.135. The Labute approximate surface area is 210 Å². The normalized spacial score (nSPS) is 13.3. The van der Waals surface area contributed by atoms with Crippen LogP contribution in [0.4, 0.5) is 26.3 Å². The summed E-state index contributed by atoms with van der Waals surface area (Å²) in [7, 11) is 0. The third-order valence-corrected chi connectivity index (χ3v) is 2.76. The largest absolute Gasteiger partial charge is 1.00 e. The minimum Gasteiger partial charge on any atom is -0.463 e. The van der Waals surface area contributed by atoms with Crippen LogP contribution < -0.4 is 0 Å². The number of amidine groups is 2. The molecule has 0 aliphatic carbocycles. The van der Waals surface area contributed by atoms with Crippen LogP contribution >= 0.6 is 0 Å². The Hall–Kier alpha value is -0.441. The van der Waals surface area contributed by atoms with E-state index in [-0.39, 0.29) is 45.2 Å². The van der Waals surface area contributed by atoms with Gasteiger partial charge >= 0.3 is 46.5 Å². The van der Waals surface area contributed by atoms with Crippen molar-refractivity contribution in [2.75, 3.05) is 13.1 Å². The molecule has 0 aliphatic rings. The average molecular weight is 574 g/mol. The molecule has 0 aromatic carbocycles. The molecule has 0 fully saturated rings. The van der Waals surface area contributed by atoms with Gasteiger partial charge in [0.15, 0.2) is 0 Å². The van der Waals surface area contributed by atoms with Gasteiger partial charge in [-0.1, -0.05) is 79.9 Å².